The van der Waals surface area contributed by atoms with Crippen molar-refractivity contribution < 1.29 is 4.74 Å². The maximum Gasteiger partial charge on any atom is 0.122 e. The first-order valence-corrected chi connectivity index (χ1v) is 6.99. The van der Waals surface area contributed by atoms with Crippen LogP contribution in [0.4, 0.5) is 0 Å². The van der Waals surface area contributed by atoms with E-state index in [0.717, 1.165) is 20.7 Å². The average molecular weight is 328 g/mol. The van der Waals surface area contributed by atoms with Gasteiger partial charge in [-0.15, -0.1) is 11.3 Å². The lowest BCUT2D eigenvalue weighted by molar-refractivity contribution is 0.310. The molecule has 0 aliphatic heterocycles. The highest BCUT2D eigenvalue weighted by Gasteiger charge is 2.01. The number of thiophene rings is 1. The van der Waals surface area contributed by atoms with Gasteiger partial charge in [-0.25, -0.2) is 0 Å². The zero-order chi connectivity index (χ0) is 12.3. The molecule has 0 bridgehead atoms. The van der Waals surface area contributed by atoms with Crippen molar-refractivity contribution in [3.63, 3.8) is 0 Å². The van der Waals surface area contributed by atoms with E-state index in [-0.39, 0.29) is 0 Å². The number of thiocarbonyl (C=S) groups is 1. The number of halogens is 1. The highest BCUT2D eigenvalue weighted by Crippen LogP contribution is 2.22. The smallest absolute Gasteiger partial charge is 0.122 e. The van der Waals surface area contributed by atoms with Gasteiger partial charge in [0.05, 0.1) is 0 Å². The van der Waals surface area contributed by atoms with E-state index in [2.05, 4.69) is 15.9 Å². The molecule has 0 aliphatic rings. The summed E-state index contributed by atoms with van der Waals surface area (Å²) in [5.41, 5.74) is 6.39. The summed E-state index contributed by atoms with van der Waals surface area (Å²) in [4.78, 5) is 1.55. The number of hydrogen-bond acceptors (Lipinski definition) is 3. The molecule has 5 heteroatoms. The Kier molecular flexibility index (Phi) is 4.15. The molecule has 17 heavy (non-hydrogen) atoms. The monoisotopic (exact) mass is 327 g/mol. The normalized spacial score (nSPS) is 10.2. The van der Waals surface area contributed by atoms with Crippen molar-refractivity contribution in [2.45, 2.75) is 6.61 Å². The summed E-state index contributed by atoms with van der Waals surface area (Å²) in [5.74, 6) is 0.778. The second-order valence-electron chi connectivity index (χ2n) is 3.41. The molecular formula is C12H10BrNOS2. The second-order valence-corrected chi connectivity index (χ2v) is 5.76. The molecule has 0 radical (unpaired) electrons. The molecule has 1 aromatic heterocycles. The zero-order valence-electron chi connectivity index (χ0n) is 8.85. The van der Waals surface area contributed by atoms with Crippen molar-refractivity contribution >= 4 is 44.5 Å². The van der Waals surface area contributed by atoms with Crippen molar-refractivity contribution in [3.05, 3.63) is 50.6 Å². The molecule has 1 aromatic carbocycles. The molecule has 1 heterocycles. The fourth-order valence-corrected chi connectivity index (χ4v) is 2.81. The Morgan fingerprint density at radius 1 is 1.41 bits per heavy atom. The van der Waals surface area contributed by atoms with Crippen LogP contribution in [0.3, 0.4) is 0 Å². The van der Waals surface area contributed by atoms with Gasteiger partial charge in [0, 0.05) is 20.3 Å². The van der Waals surface area contributed by atoms with Crippen LogP contribution in [-0.4, -0.2) is 4.99 Å². The molecule has 0 unspecified atom stereocenters. The lowest BCUT2D eigenvalue weighted by Gasteiger charge is -2.06. The lowest BCUT2D eigenvalue weighted by Crippen LogP contribution is -2.09. The van der Waals surface area contributed by atoms with Gasteiger partial charge in [-0.3, -0.25) is 0 Å². The van der Waals surface area contributed by atoms with Crippen molar-refractivity contribution in [1.29, 1.82) is 0 Å². The summed E-state index contributed by atoms with van der Waals surface area (Å²) in [7, 11) is 0. The average Bonchev–Trinajstić information content (AvgIpc) is 2.73. The van der Waals surface area contributed by atoms with Gasteiger partial charge < -0.3 is 10.5 Å². The van der Waals surface area contributed by atoms with Crippen LogP contribution in [0.15, 0.2) is 40.2 Å². The molecule has 0 saturated carbocycles. The second kappa shape index (κ2) is 5.62. The zero-order valence-corrected chi connectivity index (χ0v) is 12.1. The molecule has 0 atom stereocenters. The molecule has 2 nitrogen and oxygen atoms in total. The summed E-state index contributed by atoms with van der Waals surface area (Å²) in [6.07, 6.45) is 0. The maximum absolute atomic E-state index is 5.67. The van der Waals surface area contributed by atoms with E-state index in [4.69, 9.17) is 22.7 Å². The predicted octanol–water partition coefficient (Wildman–Crippen LogP) is 3.72. The Morgan fingerprint density at radius 3 is 2.88 bits per heavy atom. The van der Waals surface area contributed by atoms with E-state index in [1.165, 1.54) is 0 Å². The van der Waals surface area contributed by atoms with Crippen LogP contribution in [0.25, 0.3) is 0 Å². The van der Waals surface area contributed by atoms with E-state index < -0.39 is 0 Å². The third-order valence-electron chi connectivity index (χ3n) is 2.12. The van der Waals surface area contributed by atoms with Gasteiger partial charge in [0.2, 0.25) is 0 Å². The summed E-state index contributed by atoms with van der Waals surface area (Å²) in [6, 6.07) is 9.54. The van der Waals surface area contributed by atoms with Crippen LogP contribution in [0.5, 0.6) is 5.75 Å². The van der Waals surface area contributed by atoms with Gasteiger partial charge in [0.1, 0.15) is 17.3 Å². The first-order valence-electron chi connectivity index (χ1n) is 4.91. The molecular weight excluding hydrogens is 318 g/mol. The van der Waals surface area contributed by atoms with Gasteiger partial charge >= 0.3 is 0 Å². The maximum atomic E-state index is 5.67. The molecule has 88 valence electrons. The number of nitrogens with two attached hydrogens (primary N) is 1. The quantitative estimate of drug-likeness (QED) is 0.869. The first-order chi connectivity index (χ1) is 8.15. The van der Waals surface area contributed by atoms with E-state index >= 15 is 0 Å². The molecule has 2 aromatic rings. The van der Waals surface area contributed by atoms with Gasteiger partial charge in [-0.05, 0) is 34.1 Å². The Balaban J connectivity index is 2.04. The third-order valence-corrected chi connectivity index (χ3v) is 4.03. The van der Waals surface area contributed by atoms with Crippen LogP contribution < -0.4 is 10.5 Å². The summed E-state index contributed by atoms with van der Waals surface area (Å²) >= 11 is 9.99. The van der Waals surface area contributed by atoms with E-state index in [0.29, 0.717) is 11.6 Å². The van der Waals surface area contributed by atoms with Crippen molar-refractivity contribution in [2.24, 2.45) is 5.73 Å². The van der Waals surface area contributed by atoms with Crippen LogP contribution in [0, 0.1) is 0 Å². The topological polar surface area (TPSA) is 35.2 Å². The molecule has 0 fully saturated rings. The first kappa shape index (κ1) is 12.5. The van der Waals surface area contributed by atoms with E-state index in [9.17, 15) is 0 Å². The Hall–Kier alpha value is -0.910. The lowest BCUT2D eigenvalue weighted by atomic mass is 10.2. The summed E-state index contributed by atoms with van der Waals surface area (Å²) in [5, 5.41) is 2.03. The van der Waals surface area contributed by atoms with Crippen LogP contribution in [0.1, 0.15) is 10.4 Å². The molecule has 0 saturated heterocycles. The molecule has 0 spiro atoms. The van der Waals surface area contributed by atoms with Crippen LogP contribution in [0.2, 0.25) is 0 Å². The molecule has 0 amide bonds. The Bertz CT molecular complexity index is 539. The SMILES string of the molecule is NC(=S)c1cccc(OCc2cc(Br)cs2)c1. The van der Waals surface area contributed by atoms with Gasteiger partial charge in [0.25, 0.3) is 0 Å². The van der Waals surface area contributed by atoms with Crippen molar-refractivity contribution in [1.82, 2.24) is 0 Å². The minimum Gasteiger partial charge on any atom is -0.488 e. The van der Waals surface area contributed by atoms with Gasteiger partial charge in [0.15, 0.2) is 0 Å². The highest BCUT2D eigenvalue weighted by atomic mass is 79.9. The van der Waals surface area contributed by atoms with Crippen molar-refractivity contribution in [2.75, 3.05) is 0 Å². The van der Waals surface area contributed by atoms with Gasteiger partial charge in [-0.1, -0.05) is 24.4 Å². The number of rotatable bonds is 4. The number of hydrogen-bond donors (Lipinski definition) is 1. The molecule has 0 aliphatic carbocycles. The summed E-state index contributed by atoms with van der Waals surface area (Å²) < 4.78 is 6.75. The van der Waals surface area contributed by atoms with Crippen LogP contribution >= 0.6 is 39.5 Å². The third kappa shape index (κ3) is 3.52. The van der Waals surface area contributed by atoms with E-state index in [1.54, 1.807) is 11.3 Å². The Morgan fingerprint density at radius 2 is 2.24 bits per heavy atom. The van der Waals surface area contributed by atoms with Gasteiger partial charge in [-0.2, -0.15) is 0 Å². The largest absolute Gasteiger partial charge is 0.488 e. The summed E-state index contributed by atoms with van der Waals surface area (Å²) in [6.45, 7) is 0.553. The number of benzene rings is 1. The molecule has 2 rings (SSSR count). The predicted molar refractivity (Wildman–Crippen MR) is 78.7 cm³/mol. The number of ether oxygens (including phenoxy) is 1. The molecule has 2 N–H and O–H groups in total. The van der Waals surface area contributed by atoms with Crippen molar-refractivity contribution in [3.8, 4) is 5.75 Å². The standard InChI is InChI=1S/C12H10BrNOS2/c13-9-5-11(17-7-9)6-15-10-3-1-2-8(4-10)12(14)16/h1-5,7H,6H2,(H2,14,16). The fourth-order valence-electron chi connectivity index (χ4n) is 1.32. The highest BCUT2D eigenvalue weighted by molar-refractivity contribution is 9.10. The van der Waals surface area contributed by atoms with E-state index in [1.807, 2.05) is 35.7 Å². The fraction of sp³-hybridized carbons (Fsp3) is 0.0833. The minimum absolute atomic E-state index is 0.384. The van der Waals surface area contributed by atoms with Crippen LogP contribution in [-0.2, 0) is 6.61 Å². The minimum atomic E-state index is 0.384. The Labute approximate surface area is 118 Å².